The summed E-state index contributed by atoms with van der Waals surface area (Å²) in [6.07, 6.45) is -2.01. The predicted molar refractivity (Wildman–Crippen MR) is 100 cm³/mol. The zero-order valence-electron chi connectivity index (χ0n) is 14.7. The molecule has 0 saturated carbocycles. The lowest BCUT2D eigenvalue weighted by Crippen LogP contribution is -2.10. The Morgan fingerprint density at radius 1 is 1.07 bits per heavy atom. The van der Waals surface area contributed by atoms with E-state index in [0.717, 1.165) is 30.5 Å². The third-order valence-electron chi connectivity index (χ3n) is 4.73. The van der Waals surface area contributed by atoms with E-state index in [1.165, 1.54) is 22.9 Å². The van der Waals surface area contributed by atoms with Crippen molar-refractivity contribution in [3.63, 3.8) is 0 Å². The molecular weight excluding hydrogens is 394 g/mol. The quantitative estimate of drug-likeness (QED) is 0.518. The van der Waals surface area contributed by atoms with E-state index in [1.54, 1.807) is 12.1 Å². The number of halogens is 5. The third-order valence-corrected chi connectivity index (χ3v) is 5.05. The molecule has 2 aromatic carbocycles. The summed E-state index contributed by atoms with van der Waals surface area (Å²) in [5.74, 6) is 0.192. The second-order valence-electron chi connectivity index (χ2n) is 6.65. The molecule has 2 heterocycles. The average Bonchev–Trinajstić information content (AvgIpc) is 2.82. The molecule has 1 aromatic heterocycles. The van der Waals surface area contributed by atoms with Gasteiger partial charge < -0.3 is 5.32 Å². The van der Waals surface area contributed by atoms with Crippen molar-refractivity contribution in [1.29, 1.82) is 0 Å². The number of fused-ring (bicyclic) bond motifs is 1. The van der Waals surface area contributed by atoms with Gasteiger partial charge in [0.1, 0.15) is 11.6 Å². The van der Waals surface area contributed by atoms with E-state index in [1.807, 2.05) is 0 Å². The highest BCUT2D eigenvalue weighted by Crippen LogP contribution is 2.38. The largest absolute Gasteiger partial charge is 0.416 e. The maximum atomic E-state index is 13.7. The van der Waals surface area contributed by atoms with Gasteiger partial charge in [-0.3, -0.25) is 0 Å². The summed E-state index contributed by atoms with van der Waals surface area (Å²) >= 11 is 6.23. The molecule has 1 aliphatic rings. The first-order valence-electron chi connectivity index (χ1n) is 8.83. The van der Waals surface area contributed by atoms with Crippen LogP contribution in [0.25, 0.3) is 16.9 Å². The van der Waals surface area contributed by atoms with Gasteiger partial charge in [0.15, 0.2) is 0 Å². The summed E-state index contributed by atoms with van der Waals surface area (Å²) in [6.45, 7) is 0.665. The van der Waals surface area contributed by atoms with Gasteiger partial charge in [-0.2, -0.15) is 18.3 Å². The van der Waals surface area contributed by atoms with Crippen LogP contribution in [-0.4, -0.2) is 16.3 Å². The van der Waals surface area contributed by atoms with Gasteiger partial charge in [-0.25, -0.2) is 9.07 Å². The van der Waals surface area contributed by atoms with Crippen molar-refractivity contribution in [3.8, 4) is 16.9 Å². The van der Waals surface area contributed by atoms with Crippen LogP contribution < -0.4 is 5.32 Å². The number of rotatable bonds is 2. The molecule has 0 unspecified atom stereocenters. The number of alkyl halides is 3. The maximum Gasteiger partial charge on any atom is 0.416 e. The molecule has 3 nitrogen and oxygen atoms in total. The molecule has 1 N–H and O–H groups in total. The monoisotopic (exact) mass is 409 g/mol. The Morgan fingerprint density at radius 2 is 1.89 bits per heavy atom. The summed E-state index contributed by atoms with van der Waals surface area (Å²) < 4.78 is 54.8. The molecule has 0 saturated heterocycles. The van der Waals surface area contributed by atoms with Crippen LogP contribution in [0.4, 0.5) is 23.4 Å². The highest BCUT2D eigenvalue weighted by molar-refractivity contribution is 6.32. The zero-order chi connectivity index (χ0) is 19.9. The smallest absolute Gasteiger partial charge is 0.370 e. The van der Waals surface area contributed by atoms with Gasteiger partial charge in [0.25, 0.3) is 0 Å². The molecule has 8 heteroatoms. The van der Waals surface area contributed by atoms with Crippen LogP contribution in [0.3, 0.4) is 0 Å². The van der Waals surface area contributed by atoms with Crippen LogP contribution in [0.15, 0.2) is 42.5 Å². The normalized spacial score (nSPS) is 14.3. The van der Waals surface area contributed by atoms with Gasteiger partial charge in [-0.15, -0.1) is 0 Å². The SMILES string of the molecule is Fc1cccc(-c2nn(-c3cc(C(F)(F)F)ccc3Cl)c3c2CCCCN3)c1. The fourth-order valence-electron chi connectivity index (χ4n) is 3.40. The van der Waals surface area contributed by atoms with Crippen molar-refractivity contribution in [2.24, 2.45) is 0 Å². The fraction of sp³-hybridized carbons (Fsp3) is 0.250. The Kier molecular flexibility index (Phi) is 4.79. The van der Waals surface area contributed by atoms with Gasteiger partial charge in [0, 0.05) is 17.7 Å². The summed E-state index contributed by atoms with van der Waals surface area (Å²) in [5, 5.41) is 7.93. The van der Waals surface area contributed by atoms with Crippen molar-refractivity contribution in [3.05, 3.63) is 64.4 Å². The Hall–Kier alpha value is -2.54. The van der Waals surface area contributed by atoms with E-state index in [4.69, 9.17) is 11.6 Å². The number of benzene rings is 2. The van der Waals surface area contributed by atoms with Crippen LogP contribution in [0.2, 0.25) is 5.02 Å². The summed E-state index contributed by atoms with van der Waals surface area (Å²) in [5.41, 5.74) is 1.28. The van der Waals surface area contributed by atoms with E-state index in [-0.39, 0.29) is 10.7 Å². The molecule has 0 bridgehead atoms. The molecule has 3 aromatic rings. The first-order chi connectivity index (χ1) is 13.3. The zero-order valence-corrected chi connectivity index (χ0v) is 15.4. The molecule has 4 rings (SSSR count). The average molecular weight is 410 g/mol. The number of aromatic nitrogens is 2. The van der Waals surface area contributed by atoms with E-state index in [9.17, 15) is 17.6 Å². The first-order valence-corrected chi connectivity index (χ1v) is 9.21. The minimum absolute atomic E-state index is 0.129. The fourth-order valence-corrected chi connectivity index (χ4v) is 3.59. The van der Waals surface area contributed by atoms with Crippen molar-refractivity contribution in [1.82, 2.24) is 9.78 Å². The molecule has 146 valence electrons. The van der Waals surface area contributed by atoms with Gasteiger partial charge >= 0.3 is 6.18 Å². The standard InChI is InChI=1S/C20H16ClF4N3/c21-16-8-7-13(20(23,24)25)11-17(16)28-19-15(6-1-2-9-26-19)18(27-28)12-4-3-5-14(22)10-12/h3-5,7-8,10-11,26H,1-2,6,9H2. The molecule has 0 spiro atoms. The van der Waals surface area contributed by atoms with Crippen LogP contribution in [0.5, 0.6) is 0 Å². The third kappa shape index (κ3) is 3.46. The Morgan fingerprint density at radius 3 is 2.64 bits per heavy atom. The summed E-state index contributed by atoms with van der Waals surface area (Å²) in [4.78, 5) is 0. The van der Waals surface area contributed by atoms with Crippen molar-refractivity contribution < 1.29 is 17.6 Å². The molecule has 0 amide bonds. The molecule has 0 aliphatic carbocycles. The maximum absolute atomic E-state index is 13.7. The molecule has 0 fully saturated rings. The van der Waals surface area contributed by atoms with Gasteiger partial charge in [0.2, 0.25) is 0 Å². The molecule has 0 atom stereocenters. The molecular formula is C20H16ClF4N3. The predicted octanol–water partition coefficient (Wildman–Crippen LogP) is 6.10. The number of hydrogen-bond donors (Lipinski definition) is 1. The first kappa shape index (κ1) is 18.8. The van der Waals surface area contributed by atoms with Crippen molar-refractivity contribution in [2.75, 3.05) is 11.9 Å². The lowest BCUT2D eigenvalue weighted by Gasteiger charge is -2.13. The van der Waals surface area contributed by atoms with Crippen molar-refractivity contribution >= 4 is 17.4 Å². The minimum Gasteiger partial charge on any atom is -0.370 e. The van der Waals surface area contributed by atoms with Crippen LogP contribution in [0.1, 0.15) is 24.0 Å². The highest BCUT2D eigenvalue weighted by Gasteiger charge is 2.32. The number of anilines is 1. The Balaban J connectivity index is 1.94. The summed E-state index contributed by atoms with van der Waals surface area (Å²) in [6, 6.07) is 9.15. The molecule has 1 aliphatic heterocycles. The van der Waals surface area contributed by atoms with E-state index in [2.05, 4.69) is 10.4 Å². The van der Waals surface area contributed by atoms with Crippen LogP contribution in [0, 0.1) is 5.82 Å². The minimum atomic E-state index is -4.50. The second-order valence-corrected chi connectivity index (χ2v) is 7.05. The highest BCUT2D eigenvalue weighted by atomic mass is 35.5. The Labute approximate surface area is 163 Å². The van der Waals surface area contributed by atoms with Gasteiger partial charge in [-0.1, -0.05) is 23.7 Å². The number of nitrogens with one attached hydrogen (secondary N) is 1. The molecule has 0 radical (unpaired) electrons. The van der Waals surface area contributed by atoms with Crippen LogP contribution >= 0.6 is 11.6 Å². The lowest BCUT2D eigenvalue weighted by molar-refractivity contribution is -0.137. The number of nitrogens with zero attached hydrogens (tertiary/aromatic N) is 2. The second kappa shape index (κ2) is 7.13. The van der Waals surface area contributed by atoms with Gasteiger partial charge in [0.05, 0.1) is 22.0 Å². The molecule has 28 heavy (non-hydrogen) atoms. The topological polar surface area (TPSA) is 29.9 Å². The van der Waals surface area contributed by atoms with Crippen molar-refractivity contribution in [2.45, 2.75) is 25.4 Å². The van der Waals surface area contributed by atoms with E-state index in [0.29, 0.717) is 30.0 Å². The summed E-state index contributed by atoms with van der Waals surface area (Å²) in [7, 11) is 0. The van der Waals surface area contributed by atoms with Crippen LogP contribution in [-0.2, 0) is 12.6 Å². The van der Waals surface area contributed by atoms with Gasteiger partial charge in [-0.05, 0) is 49.6 Å². The Bertz CT molecular complexity index is 1030. The lowest BCUT2D eigenvalue weighted by atomic mass is 10.0. The van der Waals surface area contributed by atoms with E-state index >= 15 is 0 Å². The number of hydrogen-bond acceptors (Lipinski definition) is 2. The van der Waals surface area contributed by atoms with E-state index < -0.39 is 17.6 Å².